The number of piperidine rings is 1. The van der Waals surface area contributed by atoms with Gasteiger partial charge >= 0.3 is 6.09 Å². The number of thiazole rings is 1. The lowest BCUT2D eigenvalue weighted by molar-refractivity contribution is 0.0597. The number of halogens is 1. The van der Waals surface area contributed by atoms with Crippen molar-refractivity contribution in [2.24, 2.45) is 5.92 Å². The van der Waals surface area contributed by atoms with E-state index in [0.717, 1.165) is 29.7 Å². The van der Waals surface area contributed by atoms with Crippen molar-refractivity contribution in [3.05, 3.63) is 39.9 Å². The summed E-state index contributed by atoms with van der Waals surface area (Å²) in [4.78, 5) is 33.6. The lowest BCUT2D eigenvalue weighted by atomic mass is 9.99. The van der Waals surface area contributed by atoms with Crippen LogP contribution in [0.25, 0.3) is 0 Å². The van der Waals surface area contributed by atoms with Crippen LogP contribution in [0.2, 0.25) is 4.34 Å². The van der Waals surface area contributed by atoms with E-state index in [4.69, 9.17) is 16.3 Å². The molecule has 1 aliphatic rings. The summed E-state index contributed by atoms with van der Waals surface area (Å²) in [5, 5.41) is 0.312. The fraction of sp³-hybridized carbons (Fsp3) is 0.500. The van der Waals surface area contributed by atoms with Gasteiger partial charge in [0.1, 0.15) is 9.94 Å². The molecule has 1 aromatic heterocycles. The maximum absolute atomic E-state index is 13.0. The Hall–Kier alpha value is -2.12. The Morgan fingerprint density at radius 2 is 1.80 bits per heavy atom. The molecule has 3 rings (SSSR count). The van der Waals surface area contributed by atoms with E-state index >= 15 is 0 Å². The molecule has 0 radical (unpaired) electrons. The second kappa shape index (κ2) is 8.94. The summed E-state index contributed by atoms with van der Waals surface area (Å²) in [5.41, 5.74) is 1.18. The van der Waals surface area contributed by atoms with Gasteiger partial charge in [-0.3, -0.25) is 4.79 Å². The van der Waals surface area contributed by atoms with Gasteiger partial charge in [-0.25, -0.2) is 14.7 Å². The zero-order valence-corrected chi connectivity index (χ0v) is 19.6. The van der Waals surface area contributed by atoms with E-state index in [9.17, 15) is 9.59 Å². The van der Waals surface area contributed by atoms with Crippen molar-refractivity contribution in [3.63, 3.8) is 0 Å². The van der Waals surface area contributed by atoms with Gasteiger partial charge in [0.25, 0.3) is 5.91 Å². The van der Waals surface area contributed by atoms with Crippen LogP contribution in [-0.2, 0) is 4.74 Å². The van der Waals surface area contributed by atoms with E-state index in [1.807, 2.05) is 31.2 Å². The maximum Gasteiger partial charge on any atom is 0.421 e. The highest BCUT2D eigenvalue weighted by molar-refractivity contribution is 7.20. The Labute approximate surface area is 186 Å². The van der Waals surface area contributed by atoms with Crippen molar-refractivity contribution in [1.82, 2.24) is 9.88 Å². The minimum absolute atomic E-state index is 0.187. The van der Waals surface area contributed by atoms with E-state index in [0.29, 0.717) is 29.8 Å². The van der Waals surface area contributed by atoms with Crippen LogP contribution in [0, 0.1) is 12.8 Å². The van der Waals surface area contributed by atoms with Crippen LogP contribution in [0.5, 0.6) is 0 Å². The first-order valence-corrected chi connectivity index (χ1v) is 11.3. The number of hydrogen-bond donors (Lipinski definition) is 0. The van der Waals surface area contributed by atoms with Crippen molar-refractivity contribution in [2.45, 2.75) is 53.1 Å². The first kappa shape index (κ1) is 22.6. The smallest absolute Gasteiger partial charge is 0.421 e. The predicted molar refractivity (Wildman–Crippen MR) is 121 cm³/mol. The Morgan fingerprint density at radius 3 is 2.37 bits per heavy atom. The van der Waals surface area contributed by atoms with E-state index in [1.54, 1.807) is 25.7 Å². The van der Waals surface area contributed by atoms with Gasteiger partial charge in [0, 0.05) is 13.1 Å². The number of aromatic nitrogens is 1. The van der Waals surface area contributed by atoms with Gasteiger partial charge in [-0.15, -0.1) is 0 Å². The lowest BCUT2D eigenvalue weighted by Crippen LogP contribution is -2.38. The maximum atomic E-state index is 13.0. The fourth-order valence-electron chi connectivity index (χ4n) is 3.18. The van der Waals surface area contributed by atoms with Gasteiger partial charge in [0.15, 0.2) is 5.69 Å². The van der Waals surface area contributed by atoms with Gasteiger partial charge in [0.05, 0.1) is 5.69 Å². The normalized spacial score (nSPS) is 15.2. The number of aryl methyl sites for hydroxylation is 1. The van der Waals surface area contributed by atoms with Gasteiger partial charge < -0.3 is 9.64 Å². The third-order valence-corrected chi connectivity index (χ3v) is 6.15. The van der Waals surface area contributed by atoms with E-state index in [-0.39, 0.29) is 15.9 Å². The molecule has 162 valence electrons. The van der Waals surface area contributed by atoms with Crippen LogP contribution in [0.4, 0.5) is 15.6 Å². The molecule has 8 heteroatoms. The van der Waals surface area contributed by atoms with Crippen LogP contribution in [0.1, 0.15) is 56.6 Å². The summed E-state index contributed by atoms with van der Waals surface area (Å²) in [6.07, 6.45) is 1.36. The Kier molecular flexibility index (Phi) is 6.72. The van der Waals surface area contributed by atoms with Crippen LogP contribution in [-0.4, -0.2) is 40.6 Å². The summed E-state index contributed by atoms with van der Waals surface area (Å²) in [5.74, 6) is 0.419. The summed E-state index contributed by atoms with van der Waals surface area (Å²) in [6.45, 7) is 11.0. The number of carbonyl (C=O) groups excluding carboxylic acids is 2. The molecule has 1 aliphatic heterocycles. The van der Waals surface area contributed by atoms with E-state index in [1.165, 1.54) is 4.90 Å². The van der Waals surface area contributed by atoms with E-state index in [2.05, 4.69) is 11.9 Å². The largest absolute Gasteiger partial charge is 0.443 e. The second-order valence-electron chi connectivity index (χ2n) is 8.74. The van der Waals surface area contributed by atoms with Crippen LogP contribution in [0.3, 0.4) is 0 Å². The zero-order chi connectivity index (χ0) is 22.1. The average molecular weight is 450 g/mol. The molecule has 0 N–H and O–H groups in total. The zero-order valence-electron chi connectivity index (χ0n) is 18.1. The van der Waals surface area contributed by atoms with Gasteiger partial charge in [-0.05, 0) is 58.6 Å². The fourth-order valence-corrected chi connectivity index (χ4v) is 4.30. The number of amides is 2. The number of likely N-dealkylation sites (tertiary alicyclic amines) is 1. The van der Waals surface area contributed by atoms with Crippen molar-refractivity contribution < 1.29 is 14.3 Å². The molecule has 1 aromatic carbocycles. The average Bonchev–Trinajstić information content (AvgIpc) is 3.03. The molecule has 1 fully saturated rings. The summed E-state index contributed by atoms with van der Waals surface area (Å²) in [6, 6.07) is 7.45. The molecule has 0 saturated carbocycles. The highest BCUT2D eigenvalue weighted by Gasteiger charge is 2.31. The van der Waals surface area contributed by atoms with Crippen molar-refractivity contribution in [2.75, 3.05) is 18.0 Å². The summed E-state index contributed by atoms with van der Waals surface area (Å²) in [7, 11) is 0. The molecule has 2 heterocycles. The van der Waals surface area contributed by atoms with Gasteiger partial charge in [0.2, 0.25) is 5.13 Å². The molecular formula is C22H28ClN3O3S. The number of anilines is 2. The quantitative estimate of drug-likeness (QED) is 0.572. The second-order valence-corrected chi connectivity index (χ2v) is 10.3. The third kappa shape index (κ3) is 5.32. The molecule has 2 aromatic rings. The number of ether oxygens (including phenoxy) is 1. The number of carbonyl (C=O) groups is 2. The van der Waals surface area contributed by atoms with Crippen LogP contribution >= 0.6 is 22.9 Å². The Morgan fingerprint density at radius 1 is 1.20 bits per heavy atom. The summed E-state index contributed by atoms with van der Waals surface area (Å²) < 4.78 is 5.86. The first-order valence-electron chi connectivity index (χ1n) is 10.1. The topological polar surface area (TPSA) is 62.7 Å². The van der Waals surface area contributed by atoms with Crippen molar-refractivity contribution >= 4 is 45.8 Å². The molecule has 0 spiro atoms. The first-order chi connectivity index (χ1) is 14.0. The number of nitrogens with zero attached hydrogens (tertiary/aromatic N) is 3. The molecule has 0 aliphatic carbocycles. The highest BCUT2D eigenvalue weighted by Crippen LogP contribution is 2.36. The molecule has 2 amide bonds. The molecule has 0 bridgehead atoms. The monoisotopic (exact) mass is 449 g/mol. The van der Waals surface area contributed by atoms with E-state index < -0.39 is 11.7 Å². The SMILES string of the molecule is Cc1ccc(N(C(=O)OC(C)(C)C)c2nc(C(=O)N3CCC(C)CC3)c(Cl)s2)cc1. The standard InChI is InChI=1S/C22H28ClN3O3S/c1-14-6-8-16(9-7-14)26(21(28)29-22(3,4)5)20-24-17(18(23)30-20)19(27)25-12-10-15(2)11-13-25/h6-9,15H,10-13H2,1-5H3. The third-order valence-electron chi connectivity index (χ3n) is 4.91. The molecule has 30 heavy (non-hydrogen) atoms. The predicted octanol–water partition coefficient (Wildman–Crippen LogP) is 6.05. The molecule has 0 atom stereocenters. The number of benzene rings is 1. The number of rotatable bonds is 3. The Balaban J connectivity index is 1.94. The minimum atomic E-state index is -0.676. The molecule has 0 unspecified atom stereocenters. The summed E-state index contributed by atoms with van der Waals surface area (Å²) >= 11 is 7.51. The molecular weight excluding hydrogens is 422 g/mol. The van der Waals surface area contributed by atoms with Gasteiger partial charge in [-0.1, -0.05) is 47.6 Å². The van der Waals surface area contributed by atoms with Crippen LogP contribution in [0.15, 0.2) is 24.3 Å². The number of hydrogen-bond acceptors (Lipinski definition) is 5. The van der Waals surface area contributed by atoms with Crippen molar-refractivity contribution in [1.29, 1.82) is 0 Å². The van der Waals surface area contributed by atoms with Crippen molar-refractivity contribution in [3.8, 4) is 0 Å². The van der Waals surface area contributed by atoms with Gasteiger partial charge in [-0.2, -0.15) is 0 Å². The van der Waals surface area contributed by atoms with Crippen LogP contribution < -0.4 is 4.90 Å². The Bertz CT molecular complexity index is 913. The molecule has 6 nitrogen and oxygen atoms in total. The lowest BCUT2D eigenvalue weighted by Gasteiger charge is -2.29. The minimum Gasteiger partial charge on any atom is -0.443 e. The highest BCUT2D eigenvalue weighted by atomic mass is 35.5. The molecule has 1 saturated heterocycles.